The van der Waals surface area contributed by atoms with E-state index in [-0.39, 0.29) is 0 Å². The molecule has 1 unspecified atom stereocenters. The van der Waals surface area contributed by atoms with Gasteiger partial charge in [-0.25, -0.2) is 13.4 Å². The van der Waals surface area contributed by atoms with E-state index in [0.29, 0.717) is 5.13 Å². The summed E-state index contributed by atoms with van der Waals surface area (Å²) in [5.74, 6) is -0.557. The van der Waals surface area contributed by atoms with Crippen LogP contribution in [0.4, 0.5) is 5.13 Å². The Bertz CT molecular complexity index is 735. The lowest BCUT2D eigenvalue weighted by Crippen LogP contribution is -2.31. The number of aryl methyl sites for hydroxylation is 1. The lowest BCUT2D eigenvalue weighted by molar-refractivity contribution is -0.115. The van der Waals surface area contributed by atoms with E-state index in [9.17, 15) is 13.2 Å². The summed E-state index contributed by atoms with van der Waals surface area (Å²) >= 11 is 1.33. The Morgan fingerprint density at radius 1 is 1.42 bits per heavy atom. The van der Waals surface area contributed by atoms with Crippen LogP contribution < -0.4 is 5.32 Å². The molecule has 19 heavy (non-hydrogen) atoms. The fourth-order valence-electron chi connectivity index (χ4n) is 1.49. The first kappa shape index (κ1) is 14.0. The number of carbonyl (C=O) groups excluding carboxylic acids is 1. The smallest absolute Gasteiger partial charge is 0.244 e. The summed E-state index contributed by atoms with van der Waals surface area (Å²) in [4.78, 5) is 16.0. The fourth-order valence-corrected chi connectivity index (χ4v) is 2.90. The maximum atomic E-state index is 11.8. The first-order chi connectivity index (χ1) is 8.77. The number of anilines is 1. The maximum Gasteiger partial charge on any atom is 0.244 e. The molecule has 1 atom stereocenters. The lowest BCUT2D eigenvalue weighted by atomic mass is 10.2. The molecule has 2 rings (SSSR count). The number of aromatic nitrogens is 1. The van der Waals surface area contributed by atoms with Crippen LogP contribution in [0.15, 0.2) is 18.2 Å². The summed E-state index contributed by atoms with van der Waals surface area (Å²) in [6.45, 7) is 3.34. The van der Waals surface area contributed by atoms with Crippen molar-refractivity contribution in [1.29, 1.82) is 0 Å². The van der Waals surface area contributed by atoms with Gasteiger partial charge in [-0.1, -0.05) is 17.4 Å². The third-order valence-corrected chi connectivity index (χ3v) is 5.22. The number of sulfone groups is 1. The molecule has 102 valence electrons. The molecule has 0 bridgehead atoms. The quantitative estimate of drug-likeness (QED) is 0.940. The van der Waals surface area contributed by atoms with Crippen molar-refractivity contribution in [2.24, 2.45) is 0 Å². The standard InChI is InChI=1S/C12H14N2O3S2/c1-7-4-5-9-10(6-7)18-12(13-9)14-11(15)8(2)19(3,16)17/h4-6,8H,1-3H3,(H,13,14,15). The van der Waals surface area contributed by atoms with Crippen molar-refractivity contribution in [1.82, 2.24) is 4.98 Å². The molecule has 7 heteroatoms. The number of rotatable bonds is 3. The second-order valence-corrected chi connectivity index (χ2v) is 7.85. The number of nitrogens with zero attached hydrogens (tertiary/aromatic N) is 1. The molecule has 0 saturated carbocycles. The molecule has 0 radical (unpaired) electrons. The van der Waals surface area contributed by atoms with E-state index in [1.54, 1.807) is 0 Å². The average Bonchev–Trinajstić information content (AvgIpc) is 2.67. The van der Waals surface area contributed by atoms with Gasteiger partial charge in [0.2, 0.25) is 5.91 Å². The molecule has 0 fully saturated rings. The monoisotopic (exact) mass is 298 g/mol. The van der Waals surface area contributed by atoms with Gasteiger partial charge in [0, 0.05) is 6.26 Å². The van der Waals surface area contributed by atoms with Gasteiger partial charge in [-0.3, -0.25) is 4.79 Å². The first-order valence-corrected chi connectivity index (χ1v) is 8.41. The van der Waals surface area contributed by atoms with Crippen LogP contribution in [0, 0.1) is 6.92 Å². The van der Waals surface area contributed by atoms with Gasteiger partial charge in [0.05, 0.1) is 10.2 Å². The zero-order chi connectivity index (χ0) is 14.2. The second-order valence-electron chi connectivity index (χ2n) is 4.45. The van der Waals surface area contributed by atoms with Gasteiger partial charge in [-0.2, -0.15) is 0 Å². The minimum absolute atomic E-state index is 0.418. The van der Waals surface area contributed by atoms with Crippen LogP contribution in [-0.2, 0) is 14.6 Å². The fraction of sp³-hybridized carbons (Fsp3) is 0.333. The van der Waals surface area contributed by atoms with E-state index in [1.165, 1.54) is 18.3 Å². The van der Waals surface area contributed by atoms with Crippen LogP contribution in [0.25, 0.3) is 10.2 Å². The van der Waals surface area contributed by atoms with Gasteiger partial charge in [0.15, 0.2) is 15.0 Å². The molecular formula is C12H14N2O3S2. The van der Waals surface area contributed by atoms with Crippen LogP contribution in [-0.4, -0.2) is 30.8 Å². The van der Waals surface area contributed by atoms with Crippen LogP contribution in [0.2, 0.25) is 0 Å². The highest BCUT2D eigenvalue weighted by molar-refractivity contribution is 7.92. The summed E-state index contributed by atoms with van der Waals surface area (Å²) in [6, 6.07) is 5.78. The summed E-state index contributed by atoms with van der Waals surface area (Å²) in [7, 11) is -3.39. The van der Waals surface area contributed by atoms with Gasteiger partial charge in [-0.05, 0) is 31.5 Å². The van der Waals surface area contributed by atoms with E-state index >= 15 is 0 Å². The third-order valence-electron chi connectivity index (χ3n) is 2.79. The van der Waals surface area contributed by atoms with E-state index in [0.717, 1.165) is 22.0 Å². The van der Waals surface area contributed by atoms with Crippen molar-refractivity contribution in [3.8, 4) is 0 Å². The summed E-state index contributed by atoms with van der Waals surface area (Å²) in [5.41, 5.74) is 1.90. The molecule has 0 aliphatic carbocycles. The topological polar surface area (TPSA) is 76.1 Å². The van der Waals surface area contributed by atoms with E-state index in [4.69, 9.17) is 0 Å². The van der Waals surface area contributed by atoms with Gasteiger partial charge in [0.1, 0.15) is 5.25 Å². The molecule has 1 aromatic heterocycles. The van der Waals surface area contributed by atoms with Crippen molar-refractivity contribution in [3.05, 3.63) is 23.8 Å². The summed E-state index contributed by atoms with van der Waals surface area (Å²) < 4.78 is 23.6. The molecule has 1 heterocycles. The Kier molecular flexibility index (Phi) is 3.60. The van der Waals surface area contributed by atoms with Crippen LogP contribution in [0.5, 0.6) is 0 Å². The Morgan fingerprint density at radius 2 is 2.11 bits per heavy atom. The molecule has 1 amide bonds. The zero-order valence-corrected chi connectivity index (χ0v) is 12.4. The summed E-state index contributed by atoms with van der Waals surface area (Å²) in [6.07, 6.45) is 1.04. The van der Waals surface area contributed by atoms with Crippen LogP contribution >= 0.6 is 11.3 Å². The number of nitrogens with one attached hydrogen (secondary N) is 1. The molecule has 0 aliphatic rings. The molecule has 0 spiro atoms. The highest BCUT2D eigenvalue weighted by Gasteiger charge is 2.24. The number of amides is 1. The number of benzene rings is 1. The van der Waals surface area contributed by atoms with E-state index in [2.05, 4.69) is 10.3 Å². The molecule has 1 aromatic carbocycles. The minimum Gasteiger partial charge on any atom is -0.301 e. The minimum atomic E-state index is -3.39. The van der Waals surface area contributed by atoms with Crippen molar-refractivity contribution < 1.29 is 13.2 Å². The SMILES string of the molecule is Cc1ccc2nc(NC(=O)C(C)S(C)(=O)=O)sc2c1. The van der Waals surface area contributed by atoms with Gasteiger partial charge in [-0.15, -0.1) is 0 Å². The van der Waals surface area contributed by atoms with E-state index in [1.807, 2.05) is 25.1 Å². The van der Waals surface area contributed by atoms with E-state index < -0.39 is 21.0 Å². The highest BCUT2D eigenvalue weighted by atomic mass is 32.2. The predicted octanol–water partition coefficient (Wildman–Crippen LogP) is 1.98. The van der Waals surface area contributed by atoms with Gasteiger partial charge < -0.3 is 5.32 Å². The Balaban J connectivity index is 2.24. The molecule has 0 saturated heterocycles. The van der Waals surface area contributed by atoms with Crippen LogP contribution in [0.1, 0.15) is 12.5 Å². The number of fused-ring (bicyclic) bond motifs is 1. The molecular weight excluding hydrogens is 284 g/mol. The number of hydrogen-bond acceptors (Lipinski definition) is 5. The van der Waals surface area contributed by atoms with Crippen molar-refractivity contribution in [2.45, 2.75) is 19.1 Å². The largest absolute Gasteiger partial charge is 0.301 e. The third kappa shape index (κ3) is 3.10. The highest BCUT2D eigenvalue weighted by Crippen LogP contribution is 2.26. The number of hydrogen-bond donors (Lipinski definition) is 1. The Labute approximate surface area is 115 Å². The van der Waals surface area contributed by atoms with Crippen LogP contribution in [0.3, 0.4) is 0 Å². The average molecular weight is 298 g/mol. The Morgan fingerprint density at radius 3 is 2.74 bits per heavy atom. The van der Waals surface area contributed by atoms with Gasteiger partial charge >= 0.3 is 0 Å². The normalized spacial score (nSPS) is 13.4. The predicted molar refractivity (Wildman–Crippen MR) is 77.3 cm³/mol. The molecule has 2 aromatic rings. The number of carbonyl (C=O) groups is 1. The molecule has 0 aliphatic heterocycles. The second kappa shape index (κ2) is 4.90. The van der Waals surface area contributed by atoms with Gasteiger partial charge in [0.25, 0.3) is 0 Å². The van der Waals surface area contributed by atoms with Crippen molar-refractivity contribution in [3.63, 3.8) is 0 Å². The molecule has 1 N–H and O–H groups in total. The Hall–Kier alpha value is -1.47. The maximum absolute atomic E-state index is 11.8. The van der Waals surface area contributed by atoms with Crippen molar-refractivity contribution in [2.75, 3.05) is 11.6 Å². The lowest BCUT2D eigenvalue weighted by Gasteiger charge is -2.07. The number of thiazole rings is 1. The summed E-state index contributed by atoms with van der Waals surface area (Å²) in [5, 5.41) is 1.88. The first-order valence-electron chi connectivity index (χ1n) is 5.64. The van der Waals surface area contributed by atoms with Crippen molar-refractivity contribution >= 4 is 42.4 Å². The zero-order valence-electron chi connectivity index (χ0n) is 10.8. The molecule has 5 nitrogen and oxygen atoms in total.